The number of methoxy groups -OCH3 is 1. The van der Waals surface area contributed by atoms with Crippen LogP contribution in [0.5, 0.6) is 0 Å². The van der Waals surface area contributed by atoms with Crippen LogP contribution in [0, 0.1) is 5.41 Å². The summed E-state index contributed by atoms with van der Waals surface area (Å²) in [5.74, 6) is 0.0331. The fourth-order valence-electron chi connectivity index (χ4n) is 2.75. The van der Waals surface area contributed by atoms with Crippen molar-refractivity contribution in [3.8, 4) is 0 Å². The topological polar surface area (TPSA) is 64.3 Å². The van der Waals surface area contributed by atoms with Crippen molar-refractivity contribution in [3.05, 3.63) is 35.4 Å². The van der Waals surface area contributed by atoms with E-state index in [4.69, 9.17) is 22.7 Å². The minimum Gasteiger partial charge on any atom is -0.389 e. The Morgan fingerprint density at radius 1 is 1.43 bits per heavy atom. The number of benzene rings is 1. The number of amides is 1. The maximum Gasteiger partial charge on any atom is 0.224 e. The van der Waals surface area contributed by atoms with Crippen molar-refractivity contribution < 1.29 is 9.53 Å². The molecule has 4 nitrogen and oxygen atoms in total. The van der Waals surface area contributed by atoms with E-state index < -0.39 is 0 Å². The summed E-state index contributed by atoms with van der Waals surface area (Å²) in [5, 5.41) is 3.09. The van der Waals surface area contributed by atoms with Gasteiger partial charge in [0.1, 0.15) is 4.99 Å². The molecule has 0 spiro atoms. The number of ether oxygens (including phenoxy) is 1. The highest BCUT2D eigenvalue weighted by Gasteiger charge is 2.49. The van der Waals surface area contributed by atoms with E-state index in [9.17, 15) is 4.79 Å². The van der Waals surface area contributed by atoms with E-state index in [1.807, 2.05) is 24.3 Å². The molecule has 0 heterocycles. The largest absolute Gasteiger partial charge is 0.389 e. The van der Waals surface area contributed by atoms with Gasteiger partial charge in [0.05, 0.1) is 12.5 Å². The second-order valence-electron chi connectivity index (χ2n) is 6.14. The molecule has 1 aliphatic rings. The van der Waals surface area contributed by atoms with Gasteiger partial charge in [0.15, 0.2) is 0 Å². The zero-order valence-electron chi connectivity index (χ0n) is 12.7. The van der Waals surface area contributed by atoms with Gasteiger partial charge in [0.25, 0.3) is 0 Å². The Morgan fingerprint density at radius 2 is 2.05 bits per heavy atom. The van der Waals surface area contributed by atoms with E-state index in [0.29, 0.717) is 11.4 Å². The Balaban J connectivity index is 1.89. The Morgan fingerprint density at radius 3 is 2.52 bits per heavy atom. The average Bonchev–Trinajstić information content (AvgIpc) is 2.43. The molecule has 0 aromatic heterocycles. The molecule has 1 aromatic carbocycles. The summed E-state index contributed by atoms with van der Waals surface area (Å²) in [7, 11) is 1.72. The Labute approximate surface area is 131 Å². The molecule has 1 amide bonds. The number of rotatable bonds is 5. The second-order valence-corrected chi connectivity index (χ2v) is 6.58. The van der Waals surface area contributed by atoms with Gasteiger partial charge in [-0.1, -0.05) is 50.3 Å². The SMILES string of the molecule is COC1CC(NC(=O)Cc2ccc(C(N)=S)cc2)C1(C)C. The van der Waals surface area contributed by atoms with Gasteiger partial charge in [-0.05, 0) is 12.0 Å². The molecule has 1 fully saturated rings. The highest BCUT2D eigenvalue weighted by Crippen LogP contribution is 2.42. The van der Waals surface area contributed by atoms with Gasteiger partial charge >= 0.3 is 0 Å². The van der Waals surface area contributed by atoms with E-state index in [1.54, 1.807) is 7.11 Å². The predicted octanol–water partition coefficient (Wildman–Crippen LogP) is 1.79. The highest BCUT2D eigenvalue weighted by atomic mass is 32.1. The summed E-state index contributed by atoms with van der Waals surface area (Å²) < 4.78 is 5.39. The number of nitrogens with one attached hydrogen (secondary N) is 1. The number of carbonyl (C=O) groups is 1. The van der Waals surface area contributed by atoms with E-state index in [2.05, 4.69) is 19.2 Å². The predicted molar refractivity (Wildman–Crippen MR) is 87.2 cm³/mol. The van der Waals surface area contributed by atoms with E-state index in [1.165, 1.54) is 0 Å². The molecule has 5 heteroatoms. The van der Waals surface area contributed by atoms with E-state index in [0.717, 1.165) is 17.5 Å². The van der Waals surface area contributed by atoms with Crippen LogP contribution in [0.1, 0.15) is 31.4 Å². The minimum atomic E-state index is -0.0139. The Bertz CT molecular complexity index is 540. The molecule has 1 aliphatic carbocycles. The number of hydrogen-bond acceptors (Lipinski definition) is 3. The van der Waals surface area contributed by atoms with Crippen molar-refractivity contribution in [1.82, 2.24) is 5.32 Å². The zero-order valence-corrected chi connectivity index (χ0v) is 13.5. The summed E-state index contributed by atoms with van der Waals surface area (Å²) in [4.78, 5) is 12.5. The fourth-order valence-corrected chi connectivity index (χ4v) is 2.88. The summed E-state index contributed by atoms with van der Waals surface area (Å²) in [6, 6.07) is 7.64. The maximum atomic E-state index is 12.1. The highest BCUT2D eigenvalue weighted by molar-refractivity contribution is 7.80. The van der Waals surface area contributed by atoms with Gasteiger partial charge < -0.3 is 15.8 Å². The lowest BCUT2D eigenvalue weighted by molar-refractivity contribution is -0.132. The van der Waals surface area contributed by atoms with Crippen LogP contribution in [0.15, 0.2) is 24.3 Å². The monoisotopic (exact) mass is 306 g/mol. The smallest absolute Gasteiger partial charge is 0.224 e. The van der Waals surface area contributed by atoms with Crippen LogP contribution < -0.4 is 11.1 Å². The quantitative estimate of drug-likeness (QED) is 0.814. The van der Waals surface area contributed by atoms with Crippen LogP contribution in [0.25, 0.3) is 0 Å². The molecule has 2 rings (SSSR count). The number of hydrogen-bond donors (Lipinski definition) is 2. The van der Waals surface area contributed by atoms with Gasteiger partial charge in [0.2, 0.25) is 5.91 Å². The van der Waals surface area contributed by atoms with Crippen molar-refractivity contribution in [3.63, 3.8) is 0 Å². The standard InChI is InChI=1S/C16H22N2O2S/c1-16(2)12(9-13(16)20-3)18-14(19)8-10-4-6-11(7-5-10)15(17)21/h4-7,12-13H,8-9H2,1-3H3,(H2,17,21)(H,18,19). The normalized spacial score (nSPS) is 23.2. The van der Waals surface area contributed by atoms with Crippen LogP contribution in [0.2, 0.25) is 0 Å². The van der Waals surface area contributed by atoms with Gasteiger partial charge in [-0.25, -0.2) is 0 Å². The molecule has 21 heavy (non-hydrogen) atoms. The van der Waals surface area contributed by atoms with Gasteiger partial charge in [-0.2, -0.15) is 0 Å². The van der Waals surface area contributed by atoms with Crippen LogP contribution in [0.4, 0.5) is 0 Å². The van der Waals surface area contributed by atoms with Crippen LogP contribution in [-0.2, 0) is 16.0 Å². The first kappa shape index (κ1) is 15.9. The summed E-state index contributed by atoms with van der Waals surface area (Å²) >= 11 is 4.91. The van der Waals surface area contributed by atoms with Crippen molar-refractivity contribution >= 4 is 23.1 Å². The molecule has 1 saturated carbocycles. The molecule has 0 bridgehead atoms. The van der Waals surface area contributed by atoms with Crippen molar-refractivity contribution in [1.29, 1.82) is 0 Å². The molecule has 2 atom stereocenters. The zero-order chi connectivity index (χ0) is 15.6. The lowest BCUT2D eigenvalue weighted by atomic mass is 9.64. The van der Waals surface area contributed by atoms with Gasteiger partial charge in [-0.15, -0.1) is 0 Å². The first-order valence-corrected chi connectivity index (χ1v) is 7.46. The van der Waals surface area contributed by atoms with Gasteiger partial charge in [-0.3, -0.25) is 4.79 Å². The molecule has 2 unspecified atom stereocenters. The first-order chi connectivity index (χ1) is 9.84. The molecule has 114 valence electrons. The minimum absolute atomic E-state index is 0.0139. The third-order valence-electron chi connectivity index (χ3n) is 4.40. The lowest BCUT2D eigenvalue weighted by Crippen LogP contribution is -2.62. The third-order valence-corrected chi connectivity index (χ3v) is 4.64. The van der Waals surface area contributed by atoms with Gasteiger partial charge in [0, 0.05) is 24.1 Å². The Kier molecular flexibility index (Phi) is 4.64. The van der Waals surface area contributed by atoms with Crippen molar-refractivity contribution in [2.24, 2.45) is 11.1 Å². The second kappa shape index (κ2) is 6.12. The molecular formula is C16H22N2O2S. The molecular weight excluding hydrogens is 284 g/mol. The van der Waals surface area contributed by atoms with E-state index in [-0.39, 0.29) is 23.5 Å². The number of nitrogens with two attached hydrogens (primary N) is 1. The van der Waals surface area contributed by atoms with Crippen molar-refractivity contribution in [2.45, 2.75) is 38.8 Å². The number of carbonyl (C=O) groups excluding carboxylic acids is 1. The number of thiocarbonyl (C=S) groups is 1. The van der Waals surface area contributed by atoms with Crippen molar-refractivity contribution in [2.75, 3.05) is 7.11 Å². The summed E-state index contributed by atoms with van der Waals surface area (Å²) in [6.45, 7) is 4.24. The average molecular weight is 306 g/mol. The van der Waals surface area contributed by atoms with Crippen LogP contribution in [-0.4, -0.2) is 30.2 Å². The third kappa shape index (κ3) is 3.41. The van der Waals surface area contributed by atoms with E-state index >= 15 is 0 Å². The summed E-state index contributed by atoms with van der Waals surface area (Å²) in [6.07, 6.45) is 1.45. The maximum absolute atomic E-state index is 12.1. The molecule has 0 saturated heterocycles. The fraction of sp³-hybridized carbons (Fsp3) is 0.500. The summed E-state index contributed by atoms with van der Waals surface area (Å²) in [5.41, 5.74) is 7.31. The van der Waals surface area contributed by atoms with Crippen LogP contribution in [0.3, 0.4) is 0 Å². The molecule has 0 radical (unpaired) electrons. The Hall–Kier alpha value is -1.46. The molecule has 1 aromatic rings. The molecule has 0 aliphatic heterocycles. The lowest BCUT2D eigenvalue weighted by Gasteiger charge is -2.51. The molecule has 3 N–H and O–H groups in total. The van der Waals surface area contributed by atoms with Crippen LogP contribution >= 0.6 is 12.2 Å². The first-order valence-electron chi connectivity index (χ1n) is 7.05.